The van der Waals surface area contributed by atoms with E-state index in [0.717, 1.165) is 0 Å². The van der Waals surface area contributed by atoms with Crippen molar-refractivity contribution in [3.63, 3.8) is 0 Å². The van der Waals surface area contributed by atoms with Crippen LogP contribution in [-0.4, -0.2) is 22.4 Å². The van der Waals surface area contributed by atoms with Gasteiger partial charge in [-0.05, 0) is 13.8 Å². The van der Waals surface area contributed by atoms with Crippen LogP contribution < -0.4 is 5.73 Å². The van der Waals surface area contributed by atoms with Crippen LogP contribution in [-0.2, 0) is 11.3 Å². The lowest BCUT2D eigenvalue weighted by Gasteiger charge is -1.97. The summed E-state index contributed by atoms with van der Waals surface area (Å²) in [4.78, 5) is 11.4. The Bertz CT molecular complexity index is 369. The highest BCUT2D eigenvalue weighted by atomic mass is 16.5. The molecule has 0 atom stereocenters. The summed E-state index contributed by atoms with van der Waals surface area (Å²) in [5.41, 5.74) is 6.16. The number of hydrogen-bond acceptors (Lipinski definition) is 4. The zero-order chi connectivity index (χ0) is 11.3. The zero-order valence-corrected chi connectivity index (χ0v) is 8.93. The smallest absolute Gasteiger partial charge is 0.361 e. The standard InChI is InChI=1S/C10H15N3O2/c1-3-5-6-13-7-8(11)9(12-13)10(14)15-4-2/h3,5,7H,4,6,11H2,1-2H3/b5-3+. The van der Waals surface area contributed by atoms with E-state index in [0.29, 0.717) is 18.8 Å². The molecule has 1 aromatic heterocycles. The van der Waals surface area contributed by atoms with Crippen molar-refractivity contribution in [1.29, 1.82) is 0 Å². The third-order valence-corrected chi connectivity index (χ3v) is 1.79. The average Bonchev–Trinajstić information content (AvgIpc) is 2.57. The first-order valence-corrected chi connectivity index (χ1v) is 4.80. The maximum absolute atomic E-state index is 11.4. The van der Waals surface area contributed by atoms with Crippen molar-refractivity contribution in [2.45, 2.75) is 20.4 Å². The largest absolute Gasteiger partial charge is 0.461 e. The molecule has 0 fully saturated rings. The highest BCUT2D eigenvalue weighted by Crippen LogP contribution is 2.10. The van der Waals surface area contributed by atoms with Gasteiger partial charge in [0.15, 0.2) is 5.69 Å². The third kappa shape index (κ3) is 2.83. The molecule has 0 saturated heterocycles. The fourth-order valence-corrected chi connectivity index (χ4v) is 1.10. The summed E-state index contributed by atoms with van der Waals surface area (Å²) in [5, 5.41) is 4.03. The molecule has 5 heteroatoms. The number of rotatable bonds is 4. The topological polar surface area (TPSA) is 70.1 Å². The van der Waals surface area contributed by atoms with Crippen molar-refractivity contribution in [1.82, 2.24) is 9.78 Å². The third-order valence-electron chi connectivity index (χ3n) is 1.79. The number of allylic oxidation sites excluding steroid dienone is 2. The lowest BCUT2D eigenvalue weighted by atomic mass is 10.4. The number of carbonyl (C=O) groups is 1. The molecule has 1 rings (SSSR count). The van der Waals surface area contributed by atoms with Gasteiger partial charge in [-0.2, -0.15) is 5.10 Å². The Kier molecular flexibility index (Phi) is 3.91. The van der Waals surface area contributed by atoms with E-state index in [-0.39, 0.29) is 5.69 Å². The molecule has 0 unspecified atom stereocenters. The van der Waals surface area contributed by atoms with Gasteiger partial charge in [-0.15, -0.1) is 0 Å². The minimum Gasteiger partial charge on any atom is -0.461 e. The Labute approximate surface area is 88.5 Å². The first kappa shape index (κ1) is 11.3. The quantitative estimate of drug-likeness (QED) is 0.598. The number of ether oxygens (including phenoxy) is 1. The van der Waals surface area contributed by atoms with Crippen LogP contribution in [0.15, 0.2) is 18.3 Å². The molecule has 15 heavy (non-hydrogen) atoms. The molecular weight excluding hydrogens is 194 g/mol. The Balaban J connectivity index is 2.81. The van der Waals surface area contributed by atoms with E-state index < -0.39 is 5.97 Å². The van der Waals surface area contributed by atoms with E-state index in [1.807, 2.05) is 19.1 Å². The average molecular weight is 209 g/mol. The van der Waals surface area contributed by atoms with Gasteiger partial charge in [0.25, 0.3) is 0 Å². The van der Waals surface area contributed by atoms with Crippen LogP contribution in [0.5, 0.6) is 0 Å². The Morgan fingerprint density at radius 3 is 3.07 bits per heavy atom. The van der Waals surface area contributed by atoms with Crippen molar-refractivity contribution < 1.29 is 9.53 Å². The van der Waals surface area contributed by atoms with Crippen molar-refractivity contribution >= 4 is 11.7 Å². The monoisotopic (exact) mass is 209 g/mol. The lowest BCUT2D eigenvalue weighted by molar-refractivity contribution is 0.0519. The summed E-state index contributed by atoms with van der Waals surface area (Å²) in [5.74, 6) is -0.478. The Morgan fingerprint density at radius 1 is 1.73 bits per heavy atom. The minimum atomic E-state index is -0.478. The van der Waals surface area contributed by atoms with Gasteiger partial charge in [0, 0.05) is 6.20 Å². The number of aromatic nitrogens is 2. The molecule has 0 bridgehead atoms. The minimum absolute atomic E-state index is 0.182. The predicted molar refractivity (Wildman–Crippen MR) is 57.4 cm³/mol. The second-order valence-electron chi connectivity index (χ2n) is 2.94. The van der Waals surface area contributed by atoms with Crippen molar-refractivity contribution in [2.24, 2.45) is 0 Å². The van der Waals surface area contributed by atoms with Crippen molar-refractivity contribution in [3.8, 4) is 0 Å². The van der Waals surface area contributed by atoms with Crippen LogP contribution in [0.25, 0.3) is 0 Å². The SMILES string of the molecule is C/C=C/Cn1cc(N)c(C(=O)OCC)n1. The number of esters is 1. The Morgan fingerprint density at radius 2 is 2.47 bits per heavy atom. The van der Waals surface area contributed by atoms with Crippen LogP contribution in [0, 0.1) is 0 Å². The van der Waals surface area contributed by atoms with E-state index in [1.165, 1.54) is 0 Å². The van der Waals surface area contributed by atoms with Gasteiger partial charge in [0.1, 0.15) is 0 Å². The number of hydrogen-bond donors (Lipinski definition) is 1. The second kappa shape index (κ2) is 5.19. The number of carbonyl (C=O) groups excluding carboxylic acids is 1. The van der Waals surface area contributed by atoms with Crippen LogP contribution in [0.1, 0.15) is 24.3 Å². The highest BCUT2D eigenvalue weighted by Gasteiger charge is 2.15. The summed E-state index contributed by atoms with van der Waals surface area (Å²) < 4.78 is 6.41. The van der Waals surface area contributed by atoms with Gasteiger partial charge in [-0.3, -0.25) is 4.68 Å². The van der Waals surface area contributed by atoms with Gasteiger partial charge in [0.05, 0.1) is 18.8 Å². The number of nitrogens with two attached hydrogens (primary N) is 1. The van der Waals surface area contributed by atoms with Gasteiger partial charge in [0.2, 0.25) is 0 Å². The molecule has 0 aliphatic heterocycles. The molecule has 0 saturated carbocycles. The summed E-state index contributed by atoms with van der Waals surface area (Å²) in [6.45, 7) is 4.57. The molecule has 0 amide bonds. The van der Waals surface area contributed by atoms with Crippen LogP contribution in [0.3, 0.4) is 0 Å². The fraction of sp³-hybridized carbons (Fsp3) is 0.400. The van der Waals surface area contributed by atoms with Crippen LogP contribution in [0.4, 0.5) is 5.69 Å². The zero-order valence-electron chi connectivity index (χ0n) is 8.93. The van der Waals surface area contributed by atoms with Crippen LogP contribution >= 0.6 is 0 Å². The second-order valence-corrected chi connectivity index (χ2v) is 2.94. The molecule has 1 aromatic rings. The maximum Gasteiger partial charge on any atom is 0.361 e. The fourth-order valence-electron chi connectivity index (χ4n) is 1.10. The van der Waals surface area contributed by atoms with Gasteiger partial charge in [-0.1, -0.05) is 12.2 Å². The summed E-state index contributed by atoms with van der Waals surface area (Å²) >= 11 is 0. The van der Waals surface area contributed by atoms with Crippen molar-refractivity contribution in [3.05, 3.63) is 24.0 Å². The molecule has 5 nitrogen and oxygen atoms in total. The van der Waals surface area contributed by atoms with E-state index in [9.17, 15) is 4.79 Å². The number of nitrogens with zero attached hydrogens (tertiary/aromatic N) is 2. The number of nitrogen functional groups attached to an aromatic ring is 1. The molecular formula is C10H15N3O2. The molecule has 0 radical (unpaired) electrons. The normalized spacial score (nSPS) is 10.8. The first-order valence-electron chi connectivity index (χ1n) is 4.80. The predicted octanol–water partition coefficient (Wildman–Crippen LogP) is 1.22. The maximum atomic E-state index is 11.4. The summed E-state index contributed by atoms with van der Waals surface area (Å²) in [7, 11) is 0. The van der Waals surface area contributed by atoms with E-state index in [4.69, 9.17) is 10.5 Å². The molecule has 0 spiro atoms. The first-order chi connectivity index (χ1) is 7.19. The molecule has 0 aliphatic rings. The summed E-state index contributed by atoms with van der Waals surface area (Å²) in [6, 6.07) is 0. The molecule has 1 heterocycles. The molecule has 82 valence electrons. The Hall–Kier alpha value is -1.78. The number of anilines is 1. The molecule has 0 aromatic carbocycles. The van der Waals surface area contributed by atoms with Crippen LogP contribution in [0.2, 0.25) is 0 Å². The highest BCUT2D eigenvalue weighted by molar-refractivity contribution is 5.92. The van der Waals surface area contributed by atoms with E-state index in [1.54, 1.807) is 17.8 Å². The lowest BCUT2D eigenvalue weighted by Crippen LogP contribution is -2.08. The molecule has 2 N–H and O–H groups in total. The van der Waals surface area contributed by atoms with Gasteiger partial charge in [-0.25, -0.2) is 4.79 Å². The van der Waals surface area contributed by atoms with E-state index in [2.05, 4.69) is 5.10 Å². The van der Waals surface area contributed by atoms with Crippen molar-refractivity contribution in [2.75, 3.05) is 12.3 Å². The van der Waals surface area contributed by atoms with Gasteiger partial charge < -0.3 is 10.5 Å². The molecule has 0 aliphatic carbocycles. The van der Waals surface area contributed by atoms with E-state index >= 15 is 0 Å². The van der Waals surface area contributed by atoms with Gasteiger partial charge >= 0.3 is 5.97 Å². The summed E-state index contributed by atoms with van der Waals surface area (Å²) in [6.07, 6.45) is 5.44.